The fourth-order valence-corrected chi connectivity index (χ4v) is 1.98. The van der Waals surface area contributed by atoms with Gasteiger partial charge in [-0.05, 0) is 12.8 Å². The van der Waals surface area contributed by atoms with E-state index in [2.05, 4.69) is 4.98 Å². The number of nitrogens with zero attached hydrogens (tertiary/aromatic N) is 1. The Hall–Kier alpha value is -0.990. The predicted molar refractivity (Wildman–Crippen MR) is 47.2 cm³/mol. The zero-order valence-electron chi connectivity index (χ0n) is 7.12. The highest BCUT2D eigenvalue weighted by Crippen LogP contribution is 2.26. The van der Waals surface area contributed by atoms with Gasteiger partial charge in [0.1, 0.15) is 0 Å². The minimum atomic E-state index is 0.0434. The van der Waals surface area contributed by atoms with E-state index in [0.29, 0.717) is 6.04 Å². The summed E-state index contributed by atoms with van der Waals surface area (Å²) in [5, 5.41) is 0. The molecule has 0 unspecified atom stereocenters. The van der Waals surface area contributed by atoms with Gasteiger partial charge in [0, 0.05) is 18.4 Å². The maximum atomic E-state index is 11.2. The number of hydrogen-bond acceptors (Lipinski definition) is 1. The van der Waals surface area contributed by atoms with Crippen LogP contribution in [0, 0.1) is 0 Å². The number of aromatic nitrogens is 2. The molecule has 1 fully saturated rings. The molecule has 1 aromatic rings. The molecule has 1 saturated carbocycles. The second kappa shape index (κ2) is 3.17. The standard InChI is InChI=1S/C9H14N2O/c12-9-10-6-7-11(9)8-4-2-1-3-5-8/h6-8H,1-5H2,(H,10,12). The highest BCUT2D eigenvalue weighted by Gasteiger charge is 2.15. The quantitative estimate of drug-likeness (QED) is 0.677. The first-order chi connectivity index (χ1) is 5.88. The van der Waals surface area contributed by atoms with Crippen molar-refractivity contribution in [2.75, 3.05) is 0 Å². The summed E-state index contributed by atoms with van der Waals surface area (Å²) in [5.74, 6) is 0. The first-order valence-corrected chi connectivity index (χ1v) is 4.63. The van der Waals surface area contributed by atoms with E-state index in [0.717, 1.165) is 12.8 Å². The number of hydrogen-bond donors (Lipinski definition) is 1. The molecule has 3 nitrogen and oxygen atoms in total. The Bertz CT molecular complexity index is 293. The summed E-state index contributed by atoms with van der Waals surface area (Å²) >= 11 is 0. The van der Waals surface area contributed by atoms with Crippen LogP contribution < -0.4 is 5.69 Å². The molecule has 2 rings (SSSR count). The van der Waals surface area contributed by atoms with Crippen LogP contribution in [0.25, 0.3) is 0 Å². The maximum Gasteiger partial charge on any atom is 0.325 e. The molecule has 0 spiro atoms. The highest BCUT2D eigenvalue weighted by molar-refractivity contribution is 4.83. The Morgan fingerprint density at radius 3 is 2.67 bits per heavy atom. The van der Waals surface area contributed by atoms with Crippen LogP contribution in [0.5, 0.6) is 0 Å². The van der Waals surface area contributed by atoms with E-state index in [1.807, 2.05) is 10.8 Å². The molecule has 0 bridgehead atoms. The normalized spacial score (nSPS) is 19.7. The van der Waals surface area contributed by atoms with Crippen molar-refractivity contribution >= 4 is 0 Å². The van der Waals surface area contributed by atoms with Crippen molar-refractivity contribution in [3.05, 3.63) is 22.9 Å². The summed E-state index contributed by atoms with van der Waals surface area (Å²) < 4.78 is 1.83. The van der Waals surface area contributed by atoms with Crippen LogP contribution in [0.1, 0.15) is 38.1 Å². The Balaban J connectivity index is 2.18. The zero-order chi connectivity index (χ0) is 8.39. The van der Waals surface area contributed by atoms with E-state index in [4.69, 9.17) is 0 Å². The van der Waals surface area contributed by atoms with Crippen molar-refractivity contribution < 1.29 is 0 Å². The molecule has 1 N–H and O–H groups in total. The maximum absolute atomic E-state index is 11.2. The van der Waals surface area contributed by atoms with Gasteiger partial charge in [-0.2, -0.15) is 0 Å². The van der Waals surface area contributed by atoms with Crippen LogP contribution in [0.4, 0.5) is 0 Å². The van der Waals surface area contributed by atoms with Gasteiger partial charge < -0.3 is 4.98 Å². The average Bonchev–Trinajstić information content (AvgIpc) is 2.53. The molecule has 1 heterocycles. The average molecular weight is 166 g/mol. The molecule has 1 aliphatic rings. The minimum absolute atomic E-state index is 0.0434. The summed E-state index contributed by atoms with van der Waals surface area (Å²) in [6.45, 7) is 0. The van der Waals surface area contributed by atoms with Crippen LogP contribution in [0.3, 0.4) is 0 Å². The van der Waals surface area contributed by atoms with Crippen molar-refractivity contribution in [2.24, 2.45) is 0 Å². The smallest absolute Gasteiger partial charge is 0.313 e. The number of rotatable bonds is 1. The third-order valence-corrected chi connectivity index (χ3v) is 2.64. The van der Waals surface area contributed by atoms with E-state index < -0.39 is 0 Å². The fourth-order valence-electron chi connectivity index (χ4n) is 1.98. The first kappa shape index (κ1) is 7.65. The molecule has 0 atom stereocenters. The Morgan fingerprint density at radius 1 is 1.33 bits per heavy atom. The second-order valence-corrected chi connectivity index (χ2v) is 3.46. The van der Waals surface area contributed by atoms with E-state index in [9.17, 15) is 4.79 Å². The molecular weight excluding hydrogens is 152 g/mol. The largest absolute Gasteiger partial charge is 0.325 e. The van der Waals surface area contributed by atoms with Gasteiger partial charge >= 0.3 is 5.69 Å². The molecule has 0 aromatic carbocycles. The summed E-state index contributed by atoms with van der Waals surface area (Å²) in [6, 6.07) is 0.456. The lowest BCUT2D eigenvalue weighted by Crippen LogP contribution is -2.23. The third-order valence-electron chi connectivity index (χ3n) is 2.64. The number of H-pyrrole nitrogens is 1. The zero-order valence-corrected chi connectivity index (χ0v) is 7.12. The van der Waals surface area contributed by atoms with Crippen LogP contribution in [0.15, 0.2) is 17.2 Å². The molecule has 66 valence electrons. The van der Waals surface area contributed by atoms with Crippen molar-refractivity contribution in [1.29, 1.82) is 0 Å². The predicted octanol–water partition coefficient (Wildman–Crippen LogP) is 1.68. The van der Waals surface area contributed by atoms with E-state index in [1.165, 1.54) is 19.3 Å². The lowest BCUT2D eigenvalue weighted by atomic mass is 9.95. The van der Waals surface area contributed by atoms with Gasteiger partial charge in [0.15, 0.2) is 0 Å². The number of imidazole rings is 1. The summed E-state index contributed by atoms with van der Waals surface area (Å²) in [7, 11) is 0. The van der Waals surface area contributed by atoms with Gasteiger partial charge in [0.05, 0.1) is 0 Å². The van der Waals surface area contributed by atoms with E-state index in [1.54, 1.807) is 6.20 Å². The lowest BCUT2D eigenvalue weighted by Gasteiger charge is -2.21. The van der Waals surface area contributed by atoms with Gasteiger partial charge in [-0.1, -0.05) is 19.3 Å². The molecule has 0 saturated heterocycles. The lowest BCUT2D eigenvalue weighted by molar-refractivity contribution is 0.347. The second-order valence-electron chi connectivity index (χ2n) is 3.46. The Labute approximate surface area is 71.4 Å². The van der Waals surface area contributed by atoms with E-state index >= 15 is 0 Å². The van der Waals surface area contributed by atoms with Gasteiger partial charge in [0.25, 0.3) is 0 Å². The van der Waals surface area contributed by atoms with Crippen molar-refractivity contribution in [3.63, 3.8) is 0 Å². The molecule has 0 aliphatic heterocycles. The van der Waals surface area contributed by atoms with Crippen molar-refractivity contribution in [2.45, 2.75) is 38.1 Å². The molecule has 1 aromatic heterocycles. The Kier molecular flexibility index (Phi) is 2.02. The molecule has 0 amide bonds. The molecule has 1 aliphatic carbocycles. The van der Waals surface area contributed by atoms with E-state index in [-0.39, 0.29) is 5.69 Å². The Morgan fingerprint density at radius 2 is 2.08 bits per heavy atom. The number of nitrogens with one attached hydrogen (secondary N) is 1. The minimum Gasteiger partial charge on any atom is -0.313 e. The van der Waals surface area contributed by atoms with Crippen LogP contribution >= 0.6 is 0 Å². The summed E-state index contributed by atoms with van der Waals surface area (Å²) in [5.41, 5.74) is 0.0434. The van der Waals surface area contributed by atoms with Crippen LogP contribution in [-0.4, -0.2) is 9.55 Å². The highest BCUT2D eigenvalue weighted by atomic mass is 16.1. The topological polar surface area (TPSA) is 37.8 Å². The van der Waals surface area contributed by atoms with Gasteiger partial charge in [-0.25, -0.2) is 4.79 Å². The molecular formula is C9H14N2O. The molecule has 0 radical (unpaired) electrons. The van der Waals surface area contributed by atoms with Crippen LogP contribution in [0.2, 0.25) is 0 Å². The first-order valence-electron chi connectivity index (χ1n) is 4.63. The SMILES string of the molecule is O=c1[nH]ccn1C1CCCCC1. The molecule has 12 heavy (non-hydrogen) atoms. The third kappa shape index (κ3) is 1.31. The van der Waals surface area contributed by atoms with Crippen molar-refractivity contribution in [1.82, 2.24) is 9.55 Å². The van der Waals surface area contributed by atoms with Crippen molar-refractivity contribution in [3.8, 4) is 0 Å². The monoisotopic (exact) mass is 166 g/mol. The number of aromatic amines is 1. The van der Waals surface area contributed by atoms with Gasteiger partial charge in [-0.15, -0.1) is 0 Å². The fraction of sp³-hybridized carbons (Fsp3) is 0.667. The summed E-state index contributed by atoms with van der Waals surface area (Å²) in [4.78, 5) is 13.9. The van der Waals surface area contributed by atoms with Gasteiger partial charge in [0.2, 0.25) is 0 Å². The van der Waals surface area contributed by atoms with Crippen LogP contribution in [-0.2, 0) is 0 Å². The van der Waals surface area contributed by atoms with Gasteiger partial charge in [-0.3, -0.25) is 4.57 Å². The summed E-state index contributed by atoms with van der Waals surface area (Å²) in [6.07, 6.45) is 9.77. The molecule has 3 heteroatoms.